The topological polar surface area (TPSA) is 59.8 Å². The number of hydrogen-bond acceptors (Lipinski definition) is 3. The van der Waals surface area contributed by atoms with E-state index in [1.165, 1.54) is 0 Å². The van der Waals surface area contributed by atoms with Gasteiger partial charge in [0.15, 0.2) is 0 Å². The SMILES string of the molecule is CCC(C(=O)NCCn1cc(-c2ccncc2)cn1)c1ccccc1. The lowest BCUT2D eigenvalue weighted by Gasteiger charge is -2.15. The van der Waals surface area contributed by atoms with E-state index < -0.39 is 0 Å². The minimum absolute atomic E-state index is 0.0650. The fourth-order valence-corrected chi connectivity index (χ4v) is 2.85. The van der Waals surface area contributed by atoms with Crippen LogP contribution in [0.25, 0.3) is 11.1 Å². The monoisotopic (exact) mass is 334 g/mol. The molecule has 0 radical (unpaired) electrons. The van der Waals surface area contributed by atoms with Crippen molar-refractivity contribution in [2.45, 2.75) is 25.8 Å². The predicted molar refractivity (Wildman–Crippen MR) is 97.9 cm³/mol. The van der Waals surface area contributed by atoms with Gasteiger partial charge in [0.2, 0.25) is 5.91 Å². The number of carbonyl (C=O) groups excluding carboxylic acids is 1. The Kier molecular flexibility index (Phi) is 5.57. The Bertz CT molecular complexity index is 799. The summed E-state index contributed by atoms with van der Waals surface area (Å²) >= 11 is 0. The summed E-state index contributed by atoms with van der Waals surface area (Å²) in [7, 11) is 0. The molecule has 5 nitrogen and oxygen atoms in total. The maximum absolute atomic E-state index is 12.4. The molecule has 3 rings (SSSR count). The molecule has 1 amide bonds. The molecule has 128 valence electrons. The molecule has 3 aromatic rings. The molecule has 0 aliphatic rings. The molecule has 1 atom stereocenters. The van der Waals surface area contributed by atoms with Crippen molar-refractivity contribution in [3.8, 4) is 11.1 Å². The Morgan fingerprint density at radius 3 is 2.60 bits per heavy atom. The summed E-state index contributed by atoms with van der Waals surface area (Å²) < 4.78 is 1.85. The van der Waals surface area contributed by atoms with E-state index in [1.807, 2.05) is 66.5 Å². The van der Waals surface area contributed by atoms with Gasteiger partial charge in [-0.15, -0.1) is 0 Å². The highest BCUT2D eigenvalue weighted by Gasteiger charge is 2.17. The van der Waals surface area contributed by atoms with E-state index in [9.17, 15) is 4.79 Å². The van der Waals surface area contributed by atoms with Gasteiger partial charge in [-0.3, -0.25) is 14.5 Å². The zero-order chi connectivity index (χ0) is 17.5. The summed E-state index contributed by atoms with van der Waals surface area (Å²) in [4.78, 5) is 16.5. The molecule has 0 aliphatic carbocycles. The lowest BCUT2D eigenvalue weighted by Crippen LogP contribution is -2.31. The average molecular weight is 334 g/mol. The lowest BCUT2D eigenvalue weighted by atomic mass is 9.96. The summed E-state index contributed by atoms with van der Waals surface area (Å²) in [5, 5.41) is 7.38. The summed E-state index contributed by atoms with van der Waals surface area (Å²) in [5.74, 6) is -0.0404. The molecule has 0 aliphatic heterocycles. The molecule has 2 aromatic heterocycles. The maximum Gasteiger partial charge on any atom is 0.227 e. The third-order valence-electron chi connectivity index (χ3n) is 4.21. The molecule has 0 saturated heterocycles. The van der Waals surface area contributed by atoms with Gasteiger partial charge >= 0.3 is 0 Å². The Hall–Kier alpha value is -2.95. The first-order chi connectivity index (χ1) is 12.3. The molecule has 1 aromatic carbocycles. The predicted octanol–water partition coefficient (Wildman–Crippen LogP) is 3.26. The van der Waals surface area contributed by atoms with Crippen molar-refractivity contribution in [2.75, 3.05) is 6.54 Å². The molecule has 5 heteroatoms. The summed E-state index contributed by atoms with van der Waals surface area (Å²) in [6.07, 6.45) is 8.12. The smallest absolute Gasteiger partial charge is 0.227 e. The van der Waals surface area contributed by atoms with Crippen molar-refractivity contribution in [3.63, 3.8) is 0 Å². The second kappa shape index (κ2) is 8.24. The molecule has 0 bridgehead atoms. The number of pyridine rings is 1. The van der Waals surface area contributed by atoms with Crippen LogP contribution in [0.1, 0.15) is 24.8 Å². The first-order valence-corrected chi connectivity index (χ1v) is 8.53. The zero-order valence-corrected chi connectivity index (χ0v) is 14.3. The fourth-order valence-electron chi connectivity index (χ4n) is 2.85. The molecule has 1 unspecified atom stereocenters. The first kappa shape index (κ1) is 16.9. The Balaban J connectivity index is 1.54. The largest absolute Gasteiger partial charge is 0.354 e. The van der Waals surface area contributed by atoms with Gasteiger partial charge in [-0.05, 0) is 29.7 Å². The van der Waals surface area contributed by atoms with Crippen LogP contribution in [0.4, 0.5) is 0 Å². The van der Waals surface area contributed by atoms with E-state index in [4.69, 9.17) is 0 Å². The Labute approximate surface area is 147 Å². The number of nitrogens with zero attached hydrogens (tertiary/aromatic N) is 3. The van der Waals surface area contributed by atoms with Crippen molar-refractivity contribution in [1.82, 2.24) is 20.1 Å². The second-order valence-electron chi connectivity index (χ2n) is 5.89. The highest BCUT2D eigenvalue weighted by Crippen LogP contribution is 2.19. The molecule has 2 heterocycles. The minimum atomic E-state index is -0.105. The van der Waals surface area contributed by atoms with Crippen LogP contribution in [0.2, 0.25) is 0 Å². The number of carbonyl (C=O) groups is 1. The van der Waals surface area contributed by atoms with Crippen molar-refractivity contribution < 1.29 is 4.79 Å². The number of rotatable bonds is 7. The highest BCUT2D eigenvalue weighted by molar-refractivity contribution is 5.83. The van der Waals surface area contributed by atoms with Gasteiger partial charge in [-0.25, -0.2) is 0 Å². The molecular formula is C20H22N4O. The van der Waals surface area contributed by atoms with Crippen molar-refractivity contribution in [2.24, 2.45) is 0 Å². The molecule has 0 saturated carbocycles. The summed E-state index contributed by atoms with van der Waals surface area (Å²) in [6.45, 7) is 3.23. The van der Waals surface area contributed by atoms with Gasteiger partial charge in [0.05, 0.1) is 18.7 Å². The van der Waals surface area contributed by atoms with Gasteiger partial charge < -0.3 is 5.32 Å². The van der Waals surface area contributed by atoms with Crippen LogP contribution in [-0.4, -0.2) is 27.2 Å². The Morgan fingerprint density at radius 1 is 1.12 bits per heavy atom. The summed E-state index contributed by atoms with van der Waals surface area (Å²) in [6, 6.07) is 13.8. The highest BCUT2D eigenvalue weighted by atomic mass is 16.1. The number of hydrogen-bond donors (Lipinski definition) is 1. The van der Waals surface area contributed by atoms with Crippen LogP contribution in [0, 0.1) is 0 Å². The van der Waals surface area contributed by atoms with Crippen LogP contribution >= 0.6 is 0 Å². The van der Waals surface area contributed by atoms with E-state index >= 15 is 0 Å². The molecule has 1 N–H and O–H groups in total. The fraction of sp³-hybridized carbons (Fsp3) is 0.250. The molecular weight excluding hydrogens is 312 g/mol. The van der Waals surface area contributed by atoms with Crippen molar-refractivity contribution in [3.05, 3.63) is 72.8 Å². The van der Waals surface area contributed by atoms with Gasteiger partial charge in [0, 0.05) is 30.7 Å². The number of nitrogens with one attached hydrogen (secondary N) is 1. The van der Waals surface area contributed by atoms with Crippen LogP contribution in [0.3, 0.4) is 0 Å². The van der Waals surface area contributed by atoms with Crippen LogP contribution in [0.5, 0.6) is 0 Å². The van der Waals surface area contributed by atoms with Gasteiger partial charge in [-0.1, -0.05) is 37.3 Å². The second-order valence-corrected chi connectivity index (χ2v) is 5.89. The van der Waals surface area contributed by atoms with Gasteiger partial charge in [-0.2, -0.15) is 5.10 Å². The standard InChI is InChI=1S/C20H22N4O/c1-2-19(17-6-4-3-5-7-17)20(25)22-12-13-24-15-18(14-23-24)16-8-10-21-11-9-16/h3-11,14-15,19H,2,12-13H2,1H3,(H,22,25). The Morgan fingerprint density at radius 2 is 1.88 bits per heavy atom. The normalized spacial score (nSPS) is 11.9. The van der Waals surface area contributed by atoms with E-state index in [2.05, 4.69) is 15.4 Å². The summed E-state index contributed by atoms with van der Waals surface area (Å²) in [5.41, 5.74) is 3.19. The minimum Gasteiger partial charge on any atom is -0.354 e. The third kappa shape index (κ3) is 4.32. The van der Waals surface area contributed by atoms with Crippen molar-refractivity contribution in [1.29, 1.82) is 0 Å². The van der Waals surface area contributed by atoms with Crippen LogP contribution in [-0.2, 0) is 11.3 Å². The van der Waals surface area contributed by atoms with Crippen molar-refractivity contribution >= 4 is 5.91 Å². The van der Waals surface area contributed by atoms with E-state index in [0.717, 1.165) is 23.1 Å². The maximum atomic E-state index is 12.4. The number of amides is 1. The third-order valence-corrected chi connectivity index (χ3v) is 4.21. The van der Waals surface area contributed by atoms with Gasteiger partial charge in [0.25, 0.3) is 0 Å². The average Bonchev–Trinajstić information content (AvgIpc) is 3.13. The van der Waals surface area contributed by atoms with Crippen LogP contribution in [0.15, 0.2) is 67.3 Å². The quantitative estimate of drug-likeness (QED) is 0.721. The number of benzene rings is 1. The van der Waals surface area contributed by atoms with Gasteiger partial charge in [0.1, 0.15) is 0 Å². The first-order valence-electron chi connectivity index (χ1n) is 8.53. The molecule has 25 heavy (non-hydrogen) atoms. The van der Waals surface area contributed by atoms with E-state index in [1.54, 1.807) is 12.4 Å². The van der Waals surface area contributed by atoms with Crippen LogP contribution < -0.4 is 5.32 Å². The van der Waals surface area contributed by atoms with E-state index in [0.29, 0.717) is 13.1 Å². The van der Waals surface area contributed by atoms with E-state index in [-0.39, 0.29) is 11.8 Å². The zero-order valence-electron chi connectivity index (χ0n) is 14.3. The number of aromatic nitrogens is 3. The molecule has 0 spiro atoms. The lowest BCUT2D eigenvalue weighted by molar-refractivity contribution is -0.122. The molecule has 0 fully saturated rings.